The Morgan fingerprint density at radius 1 is 1.00 bits per heavy atom. The Hall–Kier alpha value is -3.48. The van der Waals surface area contributed by atoms with Crippen molar-refractivity contribution < 1.29 is 37.8 Å². The molecule has 0 saturated heterocycles. The van der Waals surface area contributed by atoms with E-state index in [-0.39, 0.29) is 17.3 Å². The summed E-state index contributed by atoms with van der Waals surface area (Å²) in [7, 11) is -1.98. The SMILES string of the molecule is CCN(CC)S(=O)(=O)c1ccc(C)c(NC(=O)CNCc2ccccc2OC)c1.O=C(O)C(=O)O. The highest BCUT2D eigenvalue weighted by Crippen LogP contribution is 2.23. The van der Waals surface area contributed by atoms with Gasteiger partial charge in [0.1, 0.15) is 5.75 Å². The Kier molecular flexibility index (Phi) is 11.9. The summed E-state index contributed by atoms with van der Waals surface area (Å²) in [5.41, 5.74) is 2.23. The minimum absolute atomic E-state index is 0.0878. The smallest absolute Gasteiger partial charge is 0.414 e. The van der Waals surface area contributed by atoms with Crippen molar-refractivity contribution in [1.29, 1.82) is 0 Å². The molecule has 0 atom stereocenters. The van der Waals surface area contributed by atoms with Crippen molar-refractivity contribution in [3.63, 3.8) is 0 Å². The molecule has 0 bridgehead atoms. The first-order valence-corrected chi connectivity index (χ1v) is 12.1. The molecule has 11 nitrogen and oxygen atoms in total. The summed E-state index contributed by atoms with van der Waals surface area (Å²) in [6, 6.07) is 12.4. The maximum absolute atomic E-state index is 12.7. The van der Waals surface area contributed by atoms with Crippen molar-refractivity contribution >= 4 is 33.6 Å². The van der Waals surface area contributed by atoms with Gasteiger partial charge in [-0.05, 0) is 30.7 Å². The number of carbonyl (C=O) groups excluding carboxylic acids is 1. The number of carboxylic acid groups (broad SMARTS) is 2. The number of methoxy groups -OCH3 is 1. The van der Waals surface area contributed by atoms with Crippen LogP contribution in [0, 0.1) is 6.92 Å². The predicted octanol–water partition coefficient (Wildman–Crippen LogP) is 1.92. The average molecular weight is 510 g/mol. The Morgan fingerprint density at radius 3 is 2.14 bits per heavy atom. The van der Waals surface area contributed by atoms with Crippen LogP contribution in [0.5, 0.6) is 5.75 Å². The van der Waals surface area contributed by atoms with Crippen LogP contribution < -0.4 is 15.4 Å². The quantitative estimate of drug-likeness (QED) is 0.350. The fraction of sp³-hybridized carbons (Fsp3) is 0.348. The number of aryl methyl sites for hydroxylation is 1. The van der Waals surface area contributed by atoms with Crippen molar-refractivity contribution in [2.75, 3.05) is 32.1 Å². The second-order valence-electron chi connectivity index (χ2n) is 7.14. The highest BCUT2D eigenvalue weighted by atomic mass is 32.2. The normalized spacial score (nSPS) is 10.8. The summed E-state index contributed by atoms with van der Waals surface area (Å²) in [6.07, 6.45) is 0. The average Bonchev–Trinajstić information content (AvgIpc) is 2.81. The molecule has 12 heteroatoms. The van der Waals surface area contributed by atoms with Crippen LogP contribution in [0.4, 0.5) is 5.69 Å². The van der Waals surface area contributed by atoms with Crippen molar-refractivity contribution in [2.24, 2.45) is 0 Å². The summed E-state index contributed by atoms with van der Waals surface area (Å²) in [5.74, 6) is -3.14. The molecule has 0 heterocycles. The molecule has 0 aliphatic carbocycles. The van der Waals surface area contributed by atoms with Crippen LogP contribution in [0.15, 0.2) is 47.4 Å². The molecule has 0 radical (unpaired) electrons. The molecular weight excluding hydrogens is 478 g/mol. The van der Waals surface area contributed by atoms with Gasteiger partial charge in [0.15, 0.2) is 0 Å². The van der Waals surface area contributed by atoms with E-state index in [4.69, 9.17) is 24.5 Å². The summed E-state index contributed by atoms with van der Waals surface area (Å²) >= 11 is 0. The zero-order valence-corrected chi connectivity index (χ0v) is 20.9. The molecular formula is C23H31N3O8S. The standard InChI is InChI=1S/C21H29N3O4S.C2H2O4/c1-5-24(6-2)29(26,27)18-12-11-16(3)19(13-18)23-21(25)15-22-14-17-9-7-8-10-20(17)28-4;3-1(4)2(5)6/h7-13,22H,5-6,14-15H2,1-4H3,(H,23,25);(H,3,4)(H,5,6). The van der Waals surface area contributed by atoms with Gasteiger partial charge in [-0.25, -0.2) is 18.0 Å². The third-order valence-corrected chi connectivity index (χ3v) is 6.85. The minimum Gasteiger partial charge on any atom is -0.496 e. The van der Waals surface area contributed by atoms with Crippen molar-refractivity contribution in [3.8, 4) is 5.75 Å². The number of anilines is 1. The van der Waals surface area contributed by atoms with Gasteiger partial charge in [0, 0.05) is 30.9 Å². The number of benzene rings is 2. The number of carbonyl (C=O) groups is 3. The lowest BCUT2D eigenvalue weighted by molar-refractivity contribution is -0.159. The predicted molar refractivity (Wildman–Crippen MR) is 130 cm³/mol. The third-order valence-electron chi connectivity index (χ3n) is 4.80. The van der Waals surface area contributed by atoms with E-state index in [9.17, 15) is 13.2 Å². The lowest BCUT2D eigenvalue weighted by Gasteiger charge is -2.19. The van der Waals surface area contributed by atoms with Crippen LogP contribution in [0.25, 0.3) is 0 Å². The molecule has 0 aliphatic heterocycles. The van der Waals surface area contributed by atoms with Crippen molar-refractivity contribution in [1.82, 2.24) is 9.62 Å². The van der Waals surface area contributed by atoms with E-state index in [0.717, 1.165) is 16.9 Å². The molecule has 1 amide bonds. The largest absolute Gasteiger partial charge is 0.496 e. The zero-order valence-electron chi connectivity index (χ0n) is 20.1. The Bertz CT molecular complexity index is 1120. The number of amides is 1. The number of nitrogens with one attached hydrogen (secondary N) is 2. The number of hydrogen-bond acceptors (Lipinski definition) is 7. The third kappa shape index (κ3) is 9.00. The van der Waals surface area contributed by atoms with Gasteiger partial charge in [-0.1, -0.05) is 38.1 Å². The van der Waals surface area contributed by atoms with Crippen LogP contribution >= 0.6 is 0 Å². The molecule has 0 aromatic heterocycles. The second kappa shape index (κ2) is 14.0. The van der Waals surface area contributed by atoms with Crippen LogP contribution in [0.1, 0.15) is 25.0 Å². The lowest BCUT2D eigenvalue weighted by Crippen LogP contribution is -2.31. The fourth-order valence-corrected chi connectivity index (χ4v) is 4.45. The summed E-state index contributed by atoms with van der Waals surface area (Å²) < 4.78 is 32.1. The fourth-order valence-electron chi connectivity index (χ4n) is 2.96. The van der Waals surface area contributed by atoms with Crippen LogP contribution in [-0.4, -0.2) is 67.5 Å². The molecule has 192 valence electrons. The molecule has 0 aliphatic rings. The van der Waals surface area contributed by atoms with Crippen LogP contribution in [-0.2, 0) is 31.0 Å². The summed E-state index contributed by atoms with van der Waals surface area (Å²) in [4.78, 5) is 30.7. The molecule has 2 aromatic carbocycles. The first-order valence-electron chi connectivity index (χ1n) is 10.7. The molecule has 0 fully saturated rings. The number of para-hydroxylation sites is 1. The van der Waals surface area contributed by atoms with E-state index in [1.165, 1.54) is 10.4 Å². The maximum Gasteiger partial charge on any atom is 0.414 e. The Labute approximate surface area is 204 Å². The van der Waals surface area contributed by atoms with E-state index >= 15 is 0 Å². The second-order valence-corrected chi connectivity index (χ2v) is 9.08. The van der Waals surface area contributed by atoms with Gasteiger partial charge in [-0.15, -0.1) is 0 Å². The van der Waals surface area contributed by atoms with Gasteiger partial charge in [-0.3, -0.25) is 4.79 Å². The number of nitrogens with zero attached hydrogens (tertiary/aromatic N) is 1. The molecule has 0 saturated carbocycles. The lowest BCUT2D eigenvalue weighted by atomic mass is 10.2. The van der Waals surface area contributed by atoms with E-state index < -0.39 is 22.0 Å². The molecule has 0 unspecified atom stereocenters. The van der Waals surface area contributed by atoms with Gasteiger partial charge < -0.3 is 25.6 Å². The van der Waals surface area contributed by atoms with E-state index in [2.05, 4.69) is 10.6 Å². The number of sulfonamides is 1. The first-order chi connectivity index (χ1) is 16.5. The first kappa shape index (κ1) is 29.6. The number of rotatable bonds is 10. The zero-order chi connectivity index (χ0) is 26.6. The number of aliphatic carboxylic acids is 2. The van der Waals surface area contributed by atoms with Gasteiger partial charge in [0.05, 0.1) is 18.6 Å². The number of ether oxygens (including phenoxy) is 1. The van der Waals surface area contributed by atoms with Gasteiger partial charge in [0.2, 0.25) is 15.9 Å². The topological polar surface area (TPSA) is 162 Å². The Morgan fingerprint density at radius 2 is 1.60 bits per heavy atom. The van der Waals surface area contributed by atoms with E-state index in [1.807, 2.05) is 31.2 Å². The molecule has 2 aromatic rings. The minimum atomic E-state index is -3.58. The van der Waals surface area contributed by atoms with E-state index in [1.54, 1.807) is 33.1 Å². The number of hydrogen-bond donors (Lipinski definition) is 4. The van der Waals surface area contributed by atoms with Gasteiger partial charge in [-0.2, -0.15) is 4.31 Å². The molecule has 0 spiro atoms. The van der Waals surface area contributed by atoms with Gasteiger partial charge >= 0.3 is 11.9 Å². The van der Waals surface area contributed by atoms with Gasteiger partial charge in [0.25, 0.3) is 0 Å². The number of carboxylic acids is 2. The maximum atomic E-state index is 12.7. The highest BCUT2D eigenvalue weighted by molar-refractivity contribution is 7.89. The summed E-state index contributed by atoms with van der Waals surface area (Å²) in [5, 5.41) is 20.7. The van der Waals surface area contributed by atoms with Crippen molar-refractivity contribution in [2.45, 2.75) is 32.2 Å². The molecule has 2 rings (SSSR count). The highest BCUT2D eigenvalue weighted by Gasteiger charge is 2.22. The molecule has 4 N–H and O–H groups in total. The van der Waals surface area contributed by atoms with Crippen molar-refractivity contribution in [3.05, 3.63) is 53.6 Å². The van der Waals surface area contributed by atoms with Crippen LogP contribution in [0.3, 0.4) is 0 Å². The monoisotopic (exact) mass is 509 g/mol. The summed E-state index contributed by atoms with van der Waals surface area (Å²) in [6.45, 7) is 6.77. The molecule has 35 heavy (non-hydrogen) atoms. The Balaban J connectivity index is 0.000000905. The van der Waals surface area contributed by atoms with E-state index in [0.29, 0.717) is 25.3 Å². The van der Waals surface area contributed by atoms with Crippen LogP contribution in [0.2, 0.25) is 0 Å².